The Bertz CT molecular complexity index is 556. The second-order valence-corrected chi connectivity index (χ2v) is 6.65. The lowest BCUT2D eigenvalue weighted by Crippen LogP contribution is -2.10. The lowest BCUT2D eigenvalue weighted by atomic mass is 10.2. The van der Waals surface area contributed by atoms with Gasteiger partial charge in [0.1, 0.15) is 12.1 Å². The van der Waals surface area contributed by atoms with Crippen LogP contribution in [0.15, 0.2) is 60.7 Å². The Labute approximate surface area is 151 Å². The summed E-state index contributed by atoms with van der Waals surface area (Å²) >= 11 is 0. The van der Waals surface area contributed by atoms with Gasteiger partial charge < -0.3 is 24.3 Å². The Morgan fingerprint density at radius 2 is 1.52 bits per heavy atom. The van der Waals surface area contributed by atoms with Gasteiger partial charge in [-0.15, -0.1) is 0 Å². The van der Waals surface area contributed by atoms with E-state index in [0.29, 0.717) is 39.3 Å². The summed E-state index contributed by atoms with van der Waals surface area (Å²) in [4.78, 5) is 0. The van der Waals surface area contributed by atoms with Crippen LogP contribution < -0.4 is 10.3 Å². The molecule has 2 rings (SSSR count). The molecule has 0 radical (unpaired) electrons. The molecule has 0 aliphatic heterocycles. The van der Waals surface area contributed by atoms with Crippen molar-refractivity contribution in [1.29, 1.82) is 0 Å². The zero-order valence-electron chi connectivity index (χ0n) is 14.4. The van der Waals surface area contributed by atoms with Crippen LogP contribution in [0, 0.1) is 0 Å². The van der Waals surface area contributed by atoms with Gasteiger partial charge in [0.05, 0.1) is 19.8 Å². The van der Waals surface area contributed by atoms with Crippen LogP contribution >= 0.6 is 8.38 Å². The largest absolute Gasteiger partial charge is 0.446 e. The number of ether oxygens (including phenoxy) is 2. The van der Waals surface area contributed by atoms with Crippen molar-refractivity contribution in [2.24, 2.45) is 5.73 Å². The van der Waals surface area contributed by atoms with E-state index in [1.165, 1.54) is 5.56 Å². The molecule has 6 heteroatoms. The highest BCUT2D eigenvalue weighted by molar-refractivity contribution is 7.47. The second kappa shape index (κ2) is 12.8. The van der Waals surface area contributed by atoms with E-state index in [2.05, 4.69) is 12.1 Å². The average Bonchev–Trinajstić information content (AvgIpc) is 2.66. The quantitative estimate of drug-likeness (QED) is 0.431. The van der Waals surface area contributed by atoms with E-state index in [1.807, 2.05) is 48.5 Å². The van der Waals surface area contributed by atoms with E-state index < -0.39 is 8.38 Å². The summed E-state index contributed by atoms with van der Waals surface area (Å²) in [6, 6.07) is 19.8. The molecule has 0 fully saturated rings. The number of hydrogen-bond acceptors (Lipinski definition) is 5. The van der Waals surface area contributed by atoms with Gasteiger partial charge in [-0.2, -0.15) is 0 Å². The molecule has 1 unspecified atom stereocenters. The molecule has 0 saturated heterocycles. The second-order valence-electron chi connectivity index (χ2n) is 5.29. The minimum Gasteiger partial charge on any atom is -0.446 e. The van der Waals surface area contributed by atoms with Gasteiger partial charge in [-0.1, -0.05) is 48.5 Å². The summed E-state index contributed by atoms with van der Waals surface area (Å²) in [5.41, 5.74) is 6.63. The average molecular weight is 363 g/mol. The fourth-order valence-corrected chi connectivity index (χ4v) is 3.15. The van der Waals surface area contributed by atoms with Crippen LogP contribution in [-0.4, -0.2) is 32.7 Å². The smallest absolute Gasteiger partial charge is 0.257 e. The minimum absolute atomic E-state index is 0.409. The number of rotatable bonds is 13. The van der Waals surface area contributed by atoms with Crippen LogP contribution in [-0.2, 0) is 20.6 Å². The first-order chi connectivity index (χ1) is 12.4. The molecule has 5 nitrogen and oxygen atoms in total. The summed E-state index contributed by atoms with van der Waals surface area (Å²) in [5.74, 6) is 0.783. The summed E-state index contributed by atoms with van der Waals surface area (Å²) in [6.07, 6.45) is 1.22. The maximum absolute atomic E-state index is 5.87. The first kappa shape index (κ1) is 19.8. The summed E-state index contributed by atoms with van der Waals surface area (Å²) < 4.78 is 22.8. The van der Waals surface area contributed by atoms with Crippen LogP contribution in [0.25, 0.3) is 0 Å². The van der Waals surface area contributed by atoms with Crippen molar-refractivity contribution >= 4 is 8.38 Å². The molecule has 0 saturated carbocycles. The van der Waals surface area contributed by atoms with Crippen LogP contribution in [0.3, 0.4) is 0 Å². The zero-order valence-corrected chi connectivity index (χ0v) is 15.3. The van der Waals surface area contributed by atoms with Crippen molar-refractivity contribution in [3.8, 4) is 5.75 Å². The van der Waals surface area contributed by atoms with Crippen LogP contribution in [0.1, 0.15) is 12.0 Å². The molecule has 0 amide bonds. The number of benzene rings is 2. The van der Waals surface area contributed by atoms with E-state index in [9.17, 15) is 0 Å². The fourth-order valence-electron chi connectivity index (χ4n) is 2.00. The number of hydrogen-bond donors (Lipinski definition) is 1. The monoisotopic (exact) mass is 363 g/mol. The van der Waals surface area contributed by atoms with Crippen molar-refractivity contribution in [1.82, 2.24) is 0 Å². The fraction of sp³-hybridized carbons (Fsp3) is 0.368. The molecule has 0 aromatic heterocycles. The van der Waals surface area contributed by atoms with Crippen molar-refractivity contribution < 1.29 is 18.5 Å². The molecule has 0 spiro atoms. The Morgan fingerprint density at radius 1 is 0.800 bits per heavy atom. The first-order valence-corrected chi connectivity index (χ1v) is 9.77. The van der Waals surface area contributed by atoms with Crippen LogP contribution in [0.4, 0.5) is 0 Å². The van der Waals surface area contributed by atoms with Gasteiger partial charge >= 0.3 is 0 Å². The number of para-hydroxylation sites is 1. The van der Waals surface area contributed by atoms with Gasteiger partial charge in [0.15, 0.2) is 0 Å². The third-order valence-electron chi connectivity index (χ3n) is 3.19. The maximum Gasteiger partial charge on any atom is 0.257 e. The molecule has 1 atom stereocenters. The van der Waals surface area contributed by atoms with E-state index >= 15 is 0 Å². The highest BCUT2D eigenvalue weighted by Crippen LogP contribution is 2.39. The molecule has 2 aromatic rings. The lowest BCUT2D eigenvalue weighted by molar-refractivity contribution is 0.105. The summed E-state index contributed by atoms with van der Waals surface area (Å²) in [5, 5.41) is 0. The van der Waals surface area contributed by atoms with Crippen LogP contribution in [0.2, 0.25) is 0 Å². The van der Waals surface area contributed by atoms with E-state index in [0.717, 1.165) is 12.2 Å². The van der Waals surface area contributed by atoms with Crippen LogP contribution in [0.5, 0.6) is 5.75 Å². The van der Waals surface area contributed by atoms with Gasteiger partial charge in [-0.25, -0.2) is 0 Å². The van der Waals surface area contributed by atoms with E-state index in [1.54, 1.807) is 0 Å². The predicted octanol–water partition coefficient (Wildman–Crippen LogP) is 3.93. The van der Waals surface area contributed by atoms with Crippen molar-refractivity contribution in [2.75, 3.05) is 32.7 Å². The van der Waals surface area contributed by atoms with Crippen molar-refractivity contribution in [3.63, 3.8) is 0 Å². The molecule has 25 heavy (non-hydrogen) atoms. The molecule has 2 N–H and O–H groups in total. The lowest BCUT2D eigenvalue weighted by Gasteiger charge is -2.18. The standard InChI is InChI=1S/C19H26NO4P/c20-12-15-22-17-25(24-19-10-5-2-6-11-19)23-14-7-13-21-16-18-8-3-1-4-9-18/h1-6,8-11H,7,12-17,20H2. The Hall–Kier alpha value is -1.49. The Morgan fingerprint density at radius 3 is 2.24 bits per heavy atom. The SMILES string of the molecule is NCCOCP(OCCCOCc1ccccc1)Oc1ccccc1. The normalized spacial score (nSPS) is 12.0. The van der Waals surface area contributed by atoms with Gasteiger partial charge in [-0.3, -0.25) is 0 Å². The zero-order chi connectivity index (χ0) is 17.6. The predicted molar refractivity (Wildman–Crippen MR) is 101 cm³/mol. The molecule has 0 aliphatic carbocycles. The third-order valence-corrected chi connectivity index (χ3v) is 4.47. The van der Waals surface area contributed by atoms with Gasteiger partial charge in [0.25, 0.3) is 8.38 Å². The highest BCUT2D eigenvalue weighted by Gasteiger charge is 2.13. The molecule has 0 aliphatic rings. The highest BCUT2D eigenvalue weighted by atomic mass is 31.2. The van der Waals surface area contributed by atoms with E-state index in [4.69, 9.17) is 24.3 Å². The van der Waals surface area contributed by atoms with Crippen molar-refractivity contribution in [2.45, 2.75) is 13.0 Å². The molecule has 0 bridgehead atoms. The van der Waals surface area contributed by atoms with Gasteiger partial charge in [0.2, 0.25) is 0 Å². The minimum atomic E-state index is -1.15. The topological polar surface area (TPSA) is 62.9 Å². The van der Waals surface area contributed by atoms with E-state index in [-0.39, 0.29) is 0 Å². The molecular weight excluding hydrogens is 337 g/mol. The summed E-state index contributed by atoms with van der Waals surface area (Å²) in [7, 11) is -1.15. The maximum atomic E-state index is 5.87. The molecular formula is C19H26NO4P. The first-order valence-electron chi connectivity index (χ1n) is 8.41. The van der Waals surface area contributed by atoms with Crippen molar-refractivity contribution in [3.05, 3.63) is 66.2 Å². The van der Waals surface area contributed by atoms with Gasteiger partial charge in [-0.05, 0) is 24.1 Å². The molecule has 2 aromatic carbocycles. The number of nitrogens with two attached hydrogens (primary N) is 1. The summed E-state index contributed by atoms with van der Waals surface area (Å²) in [6.45, 7) is 2.82. The third kappa shape index (κ3) is 8.96. The molecule has 136 valence electrons. The Balaban J connectivity index is 1.64. The van der Waals surface area contributed by atoms with Gasteiger partial charge in [0, 0.05) is 13.2 Å². The Kier molecular flexibility index (Phi) is 10.2. The molecule has 0 heterocycles.